The molecule has 0 aliphatic carbocycles. The predicted octanol–water partition coefficient (Wildman–Crippen LogP) is 3.91. The van der Waals surface area contributed by atoms with Crippen molar-refractivity contribution in [2.24, 2.45) is 0 Å². The van der Waals surface area contributed by atoms with Gasteiger partial charge < -0.3 is 9.26 Å². The fourth-order valence-electron chi connectivity index (χ4n) is 2.94. The summed E-state index contributed by atoms with van der Waals surface area (Å²) in [5.41, 5.74) is 1.17. The molecule has 0 unspecified atom stereocenters. The average molecular weight is 339 g/mol. The standard InChI is InChI=1S/C19H18FN3O2/c1-13-21-19(25-22-13)15-11-23(12-15)10-14-3-2-4-18(9-14)24-17-7-5-16(20)6-8-17/h2-9,15H,10-12H2,1H3. The Morgan fingerprint density at radius 3 is 2.68 bits per heavy atom. The maximum absolute atomic E-state index is 13.0. The SMILES string of the molecule is Cc1noc(C2CN(Cc3cccc(Oc4ccc(F)cc4)c3)C2)n1. The average Bonchev–Trinajstić information content (AvgIpc) is 2.99. The molecule has 0 spiro atoms. The summed E-state index contributed by atoms with van der Waals surface area (Å²) < 4.78 is 24.0. The van der Waals surface area contributed by atoms with E-state index in [1.807, 2.05) is 25.1 Å². The first-order valence-electron chi connectivity index (χ1n) is 8.20. The molecule has 1 aromatic heterocycles. The summed E-state index contributed by atoms with van der Waals surface area (Å²) in [7, 11) is 0. The van der Waals surface area contributed by atoms with Crippen LogP contribution in [0.1, 0.15) is 23.2 Å². The first-order valence-corrected chi connectivity index (χ1v) is 8.20. The molecule has 0 atom stereocenters. The molecule has 1 saturated heterocycles. The Hall–Kier alpha value is -2.73. The van der Waals surface area contributed by atoms with Crippen LogP contribution < -0.4 is 4.74 Å². The van der Waals surface area contributed by atoms with E-state index in [4.69, 9.17) is 9.26 Å². The van der Waals surface area contributed by atoms with Gasteiger partial charge >= 0.3 is 0 Å². The van der Waals surface area contributed by atoms with Gasteiger partial charge in [-0.15, -0.1) is 0 Å². The van der Waals surface area contributed by atoms with Crippen molar-refractivity contribution >= 4 is 0 Å². The lowest BCUT2D eigenvalue weighted by molar-refractivity contribution is 0.117. The number of hydrogen-bond donors (Lipinski definition) is 0. The maximum Gasteiger partial charge on any atom is 0.232 e. The number of ether oxygens (including phenoxy) is 1. The molecular formula is C19H18FN3O2. The highest BCUT2D eigenvalue weighted by atomic mass is 19.1. The van der Waals surface area contributed by atoms with Crippen molar-refractivity contribution in [2.45, 2.75) is 19.4 Å². The molecule has 0 bridgehead atoms. The van der Waals surface area contributed by atoms with Gasteiger partial charge in [-0.2, -0.15) is 4.98 Å². The van der Waals surface area contributed by atoms with Gasteiger partial charge in [-0.3, -0.25) is 4.90 Å². The fourth-order valence-corrected chi connectivity index (χ4v) is 2.94. The number of benzene rings is 2. The number of nitrogens with zero attached hydrogens (tertiary/aromatic N) is 3. The van der Waals surface area contributed by atoms with Crippen LogP contribution in [0, 0.1) is 12.7 Å². The quantitative estimate of drug-likeness (QED) is 0.705. The second-order valence-electron chi connectivity index (χ2n) is 6.27. The second kappa shape index (κ2) is 6.64. The Balaban J connectivity index is 1.35. The van der Waals surface area contributed by atoms with Crippen molar-refractivity contribution in [3.05, 3.63) is 71.6 Å². The molecule has 0 amide bonds. The molecule has 3 aromatic rings. The Kier molecular flexibility index (Phi) is 4.19. The van der Waals surface area contributed by atoms with Crippen LogP contribution in [0.3, 0.4) is 0 Å². The van der Waals surface area contributed by atoms with E-state index in [-0.39, 0.29) is 5.82 Å². The number of halogens is 1. The van der Waals surface area contributed by atoms with Crippen molar-refractivity contribution in [2.75, 3.05) is 13.1 Å². The first-order chi connectivity index (χ1) is 12.2. The summed E-state index contributed by atoms with van der Waals surface area (Å²) >= 11 is 0. The minimum atomic E-state index is -0.273. The zero-order valence-electron chi connectivity index (χ0n) is 13.9. The van der Waals surface area contributed by atoms with Crippen molar-refractivity contribution < 1.29 is 13.7 Å². The molecule has 1 aliphatic heterocycles. The minimum absolute atomic E-state index is 0.273. The normalized spacial score (nSPS) is 15.1. The van der Waals surface area contributed by atoms with Crippen molar-refractivity contribution in [1.82, 2.24) is 15.0 Å². The summed E-state index contributed by atoms with van der Waals surface area (Å²) in [5, 5.41) is 3.84. The van der Waals surface area contributed by atoms with Crippen LogP contribution in [0.25, 0.3) is 0 Å². The van der Waals surface area contributed by atoms with Gasteiger partial charge in [0.05, 0.1) is 5.92 Å². The van der Waals surface area contributed by atoms with E-state index in [1.54, 1.807) is 12.1 Å². The van der Waals surface area contributed by atoms with E-state index in [9.17, 15) is 4.39 Å². The highest BCUT2D eigenvalue weighted by molar-refractivity contribution is 5.34. The van der Waals surface area contributed by atoms with E-state index in [1.165, 1.54) is 17.7 Å². The first kappa shape index (κ1) is 15.8. The number of hydrogen-bond acceptors (Lipinski definition) is 5. The summed E-state index contributed by atoms with van der Waals surface area (Å²) in [6.07, 6.45) is 0. The molecule has 0 radical (unpaired) electrons. The van der Waals surface area contributed by atoms with Gasteiger partial charge in [-0.05, 0) is 48.9 Å². The lowest BCUT2D eigenvalue weighted by atomic mass is 9.99. The van der Waals surface area contributed by atoms with Gasteiger partial charge in [0.15, 0.2) is 5.82 Å². The molecule has 5 nitrogen and oxygen atoms in total. The van der Waals surface area contributed by atoms with Gasteiger partial charge in [0, 0.05) is 19.6 Å². The van der Waals surface area contributed by atoms with Gasteiger partial charge in [0.25, 0.3) is 0 Å². The zero-order chi connectivity index (χ0) is 17.2. The molecule has 2 aromatic carbocycles. The summed E-state index contributed by atoms with van der Waals surface area (Å²) in [6, 6.07) is 14.0. The van der Waals surface area contributed by atoms with E-state index >= 15 is 0 Å². The Morgan fingerprint density at radius 2 is 1.96 bits per heavy atom. The van der Waals surface area contributed by atoms with Crippen molar-refractivity contribution in [3.63, 3.8) is 0 Å². The third kappa shape index (κ3) is 3.69. The van der Waals surface area contributed by atoms with E-state index < -0.39 is 0 Å². The van der Waals surface area contributed by atoms with Crippen LogP contribution in [0.4, 0.5) is 4.39 Å². The molecule has 128 valence electrons. The molecule has 1 fully saturated rings. The van der Waals surface area contributed by atoms with Crippen LogP contribution in [0.2, 0.25) is 0 Å². The molecule has 4 rings (SSSR count). The fraction of sp³-hybridized carbons (Fsp3) is 0.263. The lowest BCUT2D eigenvalue weighted by Gasteiger charge is -2.37. The Morgan fingerprint density at radius 1 is 1.16 bits per heavy atom. The minimum Gasteiger partial charge on any atom is -0.457 e. The van der Waals surface area contributed by atoms with Gasteiger partial charge in [-0.25, -0.2) is 4.39 Å². The molecule has 0 saturated carbocycles. The second-order valence-corrected chi connectivity index (χ2v) is 6.27. The highest BCUT2D eigenvalue weighted by Gasteiger charge is 2.32. The molecule has 1 aliphatic rings. The van der Waals surface area contributed by atoms with Gasteiger partial charge in [0.1, 0.15) is 17.3 Å². The number of aryl methyl sites for hydroxylation is 1. The summed E-state index contributed by atoms with van der Waals surface area (Å²) in [6.45, 7) is 4.48. The van der Waals surface area contributed by atoms with Crippen molar-refractivity contribution in [3.8, 4) is 11.5 Å². The Bertz CT molecular complexity index is 857. The van der Waals surface area contributed by atoms with Crippen LogP contribution in [-0.4, -0.2) is 28.1 Å². The molecule has 6 heteroatoms. The highest BCUT2D eigenvalue weighted by Crippen LogP contribution is 2.28. The lowest BCUT2D eigenvalue weighted by Crippen LogP contribution is -2.44. The zero-order valence-corrected chi connectivity index (χ0v) is 13.9. The Labute approximate surface area is 145 Å². The van der Waals surface area contributed by atoms with Gasteiger partial charge in [-0.1, -0.05) is 17.3 Å². The summed E-state index contributed by atoms with van der Waals surface area (Å²) in [5.74, 6) is 2.81. The summed E-state index contributed by atoms with van der Waals surface area (Å²) in [4.78, 5) is 6.61. The molecule has 2 heterocycles. The maximum atomic E-state index is 13.0. The van der Waals surface area contributed by atoms with Crippen LogP contribution in [0.5, 0.6) is 11.5 Å². The smallest absolute Gasteiger partial charge is 0.232 e. The van der Waals surface area contributed by atoms with Crippen molar-refractivity contribution in [1.29, 1.82) is 0 Å². The topological polar surface area (TPSA) is 51.4 Å². The van der Waals surface area contributed by atoms with E-state index in [2.05, 4.69) is 21.1 Å². The largest absolute Gasteiger partial charge is 0.457 e. The molecule has 0 N–H and O–H groups in total. The number of likely N-dealkylation sites (tertiary alicyclic amines) is 1. The number of aromatic nitrogens is 2. The van der Waals surface area contributed by atoms with Gasteiger partial charge in [0.2, 0.25) is 5.89 Å². The molecule has 25 heavy (non-hydrogen) atoms. The van der Waals surface area contributed by atoms with Crippen LogP contribution in [-0.2, 0) is 6.54 Å². The van der Waals surface area contributed by atoms with E-state index in [0.29, 0.717) is 17.5 Å². The molecular weight excluding hydrogens is 321 g/mol. The van der Waals surface area contributed by atoms with E-state index in [0.717, 1.165) is 31.3 Å². The van der Waals surface area contributed by atoms with Crippen LogP contribution in [0.15, 0.2) is 53.1 Å². The third-order valence-corrected chi connectivity index (χ3v) is 4.20. The third-order valence-electron chi connectivity index (χ3n) is 4.20. The monoisotopic (exact) mass is 339 g/mol. The van der Waals surface area contributed by atoms with Crippen LogP contribution >= 0.6 is 0 Å². The number of rotatable bonds is 5. The predicted molar refractivity (Wildman–Crippen MR) is 90.0 cm³/mol.